The zero-order valence-corrected chi connectivity index (χ0v) is 7.55. The number of hydrogen-bond acceptors (Lipinski definition) is 3. The molecule has 1 atom stereocenters. The van der Waals surface area contributed by atoms with Crippen LogP contribution >= 0.6 is 0 Å². The summed E-state index contributed by atoms with van der Waals surface area (Å²) in [5, 5.41) is 12.3. The summed E-state index contributed by atoms with van der Waals surface area (Å²) in [5.74, 6) is 2.49. The Hall–Kier alpha value is -0.560. The molecule has 70 valence electrons. The lowest BCUT2D eigenvalue weighted by molar-refractivity contribution is 0.153. The van der Waals surface area contributed by atoms with Crippen LogP contribution in [-0.2, 0) is 4.74 Å². The normalized spacial score (nSPS) is 12.4. The Labute approximate surface area is 74.1 Å². The van der Waals surface area contributed by atoms with E-state index >= 15 is 0 Å². The second kappa shape index (κ2) is 8.54. The molecule has 3 heteroatoms. The summed E-state index contributed by atoms with van der Waals surface area (Å²) in [4.78, 5) is 0. The smallest absolute Gasteiger partial charge is 0.0673 e. The van der Waals surface area contributed by atoms with E-state index in [1.165, 1.54) is 0 Å². The Morgan fingerprint density at radius 2 is 2.42 bits per heavy atom. The molecule has 0 saturated carbocycles. The van der Waals surface area contributed by atoms with Crippen LogP contribution in [0.15, 0.2) is 0 Å². The van der Waals surface area contributed by atoms with E-state index in [0.29, 0.717) is 26.0 Å². The number of nitrogens with one attached hydrogen (secondary N) is 1. The third kappa shape index (κ3) is 7.55. The van der Waals surface area contributed by atoms with Gasteiger partial charge >= 0.3 is 0 Å². The molecule has 2 N–H and O–H groups in total. The average molecular weight is 171 g/mol. The second-order valence-electron chi connectivity index (χ2n) is 2.59. The number of rotatable bonds is 7. The third-order valence-electron chi connectivity index (χ3n) is 1.48. The first-order valence-electron chi connectivity index (χ1n) is 4.12. The maximum atomic E-state index is 9.28. The number of terminal acetylenes is 1. The van der Waals surface area contributed by atoms with Crippen LogP contribution < -0.4 is 5.32 Å². The number of aliphatic hydroxyl groups excluding tert-OH is 1. The van der Waals surface area contributed by atoms with Gasteiger partial charge in [0.25, 0.3) is 0 Å². The van der Waals surface area contributed by atoms with Gasteiger partial charge in [0, 0.05) is 26.6 Å². The van der Waals surface area contributed by atoms with E-state index in [1.807, 2.05) is 0 Å². The predicted molar refractivity (Wildman–Crippen MR) is 48.8 cm³/mol. The lowest BCUT2D eigenvalue weighted by Crippen LogP contribution is -2.29. The minimum absolute atomic E-state index is 0.335. The summed E-state index contributed by atoms with van der Waals surface area (Å²) in [7, 11) is 1.65. The average Bonchev–Trinajstić information content (AvgIpc) is 2.09. The van der Waals surface area contributed by atoms with Gasteiger partial charge < -0.3 is 15.2 Å². The van der Waals surface area contributed by atoms with Crippen molar-refractivity contribution in [3.63, 3.8) is 0 Å². The van der Waals surface area contributed by atoms with Crippen molar-refractivity contribution in [1.29, 1.82) is 0 Å². The van der Waals surface area contributed by atoms with Crippen molar-refractivity contribution in [2.45, 2.75) is 18.9 Å². The van der Waals surface area contributed by atoms with Crippen molar-refractivity contribution in [3.05, 3.63) is 0 Å². The largest absolute Gasteiger partial charge is 0.392 e. The van der Waals surface area contributed by atoms with E-state index in [-0.39, 0.29) is 6.10 Å². The van der Waals surface area contributed by atoms with Gasteiger partial charge in [-0.1, -0.05) is 0 Å². The second-order valence-corrected chi connectivity index (χ2v) is 2.59. The van der Waals surface area contributed by atoms with E-state index in [0.717, 1.165) is 6.54 Å². The zero-order chi connectivity index (χ0) is 9.23. The fourth-order valence-electron chi connectivity index (χ4n) is 0.795. The van der Waals surface area contributed by atoms with Crippen LogP contribution in [0.25, 0.3) is 0 Å². The van der Waals surface area contributed by atoms with Crippen LogP contribution in [0.5, 0.6) is 0 Å². The molecule has 0 aromatic rings. The van der Waals surface area contributed by atoms with Gasteiger partial charge in [-0.3, -0.25) is 0 Å². The number of ether oxygens (including phenoxy) is 1. The molecule has 0 aliphatic heterocycles. The lowest BCUT2D eigenvalue weighted by atomic mass is 10.2. The Morgan fingerprint density at radius 3 is 3.00 bits per heavy atom. The van der Waals surface area contributed by atoms with E-state index in [1.54, 1.807) is 7.11 Å². The van der Waals surface area contributed by atoms with Crippen LogP contribution in [0.1, 0.15) is 12.8 Å². The maximum absolute atomic E-state index is 9.28. The van der Waals surface area contributed by atoms with Crippen LogP contribution in [0.4, 0.5) is 0 Å². The molecule has 0 heterocycles. The first-order chi connectivity index (χ1) is 5.81. The molecule has 0 aromatic carbocycles. The van der Waals surface area contributed by atoms with Gasteiger partial charge in [0.2, 0.25) is 0 Å². The van der Waals surface area contributed by atoms with Crippen LogP contribution in [0.2, 0.25) is 0 Å². The minimum Gasteiger partial charge on any atom is -0.392 e. The monoisotopic (exact) mass is 171 g/mol. The Kier molecular flexibility index (Phi) is 8.14. The van der Waals surface area contributed by atoms with Crippen LogP contribution in [0.3, 0.4) is 0 Å². The highest BCUT2D eigenvalue weighted by Gasteiger charge is 2.00. The molecule has 12 heavy (non-hydrogen) atoms. The van der Waals surface area contributed by atoms with Crippen molar-refractivity contribution < 1.29 is 9.84 Å². The molecule has 0 fully saturated rings. The molecular weight excluding hydrogens is 154 g/mol. The van der Waals surface area contributed by atoms with E-state index in [4.69, 9.17) is 11.2 Å². The number of hydrogen-bond donors (Lipinski definition) is 2. The van der Waals surface area contributed by atoms with Crippen molar-refractivity contribution >= 4 is 0 Å². The number of methoxy groups -OCH3 is 1. The molecule has 1 unspecified atom stereocenters. The van der Waals surface area contributed by atoms with E-state index in [2.05, 4.69) is 11.2 Å². The SMILES string of the molecule is C#CCCC(O)CNCCOC. The van der Waals surface area contributed by atoms with Crippen molar-refractivity contribution in [2.24, 2.45) is 0 Å². The molecule has 0 aromatic heterocycles. The molecule has 0 saturated heterocycles. The standard InChI is InChI=1S/C9H17NO2/c1-3-4-5-9(11)8-10-6-7-12-2/h1,9-11H,4-8H2,2H3. The van der Waals surface area contributed by atoms with Crippen molar-refractivity contribution in [2.75, 3.05) is 26.8 Å². The fraction of sp³-hybridized carbons (Fsp3) is 0.778. The molecule has 0 rings (SSSR count). The first kappa shape index (κ1) is 11.4. The molecule has 0 aliphatic carbocycles. The number of aliphatic hydroxyl groups is 1. The van der Waals surface area contributed by atoms with E-state index in [9.17, 15) is 5.11 Å². The summed E-state index contributed by atoms with van der Waals surface area (Å²) in [6.07, 6.45) is 6.01. The zero-order valence-electron chi connectivity index (χ0n) is 7.55. The van der Waals surface area contributed by atoms with Crippen LogP contribution in [0, 0.1) is 12.3 Å². The van der Waals surface area contributed by atoms with Gasteiger partial charge in [-0.25, -0.2) is 0 Å². The predicted octanol–water partition coefficient (Wildman–Crippen LogP) is -0.00330. The highest BCUT2D eigenvalue weighted by molar-refractivity contribution is 4.84. The van der Waals surface area contributed by atoms with Gasteiger partial charge in [0.1, 0.15) is 0 Å². The Morgan fingerprint density at radius 1 is 1.67 bits per heavy atom. The summed E-state index contributed by atoms with van der Waals surface area (Å²) >= 11 is 0. The van der Waals surface area contributed by atoms with Crippen molar-refractivity contribution in [3.8, 4) is 12.3 Å². The van der Waals surface area contributed by atoms with Gasteiger partial charge in [-0.15, -0.1) is 12.3 Å². The quantitative estimate of drug-likeness (QED) is 0.418. The molecule has 0 amide bonds. The molecule has 0 radical (unpaired) electrons. The Balaban J connectivity index is 3.09. The molecule has 0 spiro atoms. The highest BCUT2D eigenvalue weighted by atomic mass is 16.5. The molecule has 0 aliphatic rings. The van der Waals surface area contributed by atoms with E-state index < -0.39 is 0 Å². The van der Waals surface area contributed by atoms with Gasteiger partial charge in [0.05, 0.1) is 12.7 Å². The summed E-state index contributed by atoms with van der Waals surface area (Å²) in [5.41, 5.74) is 0. The summed E-state index contributed by atoms with van der Waals surface area (Å²) in [6.45, 7) is 2.02. The maximum Gasteiger partial charge on any atom is 0.0673 e. The molecular formula is C9H17NO2. The molecule has 3 nitrogen and oxygen atoms in total. The van der Waals surface area contributed by atoms with Gasteiger partial charge in [0.15, 0.2) is 0 Å². The Bertz CT molecular complexity index is 131. The first-order valence-corrected chi connectivity index (χ1v) is 4.12. The van der Waals surface area contributed by atoms with Gasteiger partial charge in [-0.05, 0) is 6.42 Å². The minimum atomic E-state index is -0.335. The van der Waals surface area contributed by atoms with Crippen LogP contribution in [-0.4, -0.2) is 38.0 Å². The summed E-state index contributed by atoms with van der Waals surface area (Å²) < 4.78 is 4.83. The van der Waals surface area contributed by atoms with Gasteiger partial charge in [-0.2, -0.15) is 0 Å². The molecule has 0 bridgehead atoms. The highest BCUT2D eigenvalue weighted by Crippen LogP contribution is 1.93. The summed E-state index contributed by atoms with van der Waals surface area (Å²) in [6, 6.07) is 0. The van der Waals surface area contributed by atoms with Crippen molar-refractivity contribution in [1.82, 2.24) is 5.32 Å². The lowest BCUT2D eigenvalue weighted by Gasteiger charge is -2.09. The third-order valence-corrected chi connectivity index (χ3v) is 1.48. The fourth-order valence-corrected chi connectivity index (χ4v) is 0.795. The topological polar surface area (TPSA) is 41.5 Å².